The Balaban J connectivity index is 0.00000243. The number of halogens is 2. The molecule has 0 aliphatic carbocycles. The number of hydrogen-bond acceptors (Lipinski definition) is 4. The van der Waals surface area contributed by atoms with E-state index in [1.54, 1.807) is 35.0 Å². The molecular weight excluding hydrogens is 405 g/mol. The predicted molar refractivity (Wildman–Crippen MR) is 97.6 cm³/mol. The molecule has 0 atom stereocenters. The van der Waals surface area contributed by atoms with Crippen molar-refractivity contribution in [2.45, 2.75) is 6.54 Å². The van der Waals surface area contributed by atoms with Crippen molar-refractivity contribution in [1.82, 2.24) is 4.98 Å². The topological polar surface area (TPSA) is 77.0 Å². The molecule has 0 aliphatic heterocycles. The number of non-ortho nitro benzene ring substituents is 1. The van der Waals surface area contributed by atoms with Crippen LogP contribution in [0.2, 0.25) is 0 Å². The minimum atomic E-state index is -0.519. The molecule has 1 aromatic heterocycles. The molecule has 0 bridgehead atoms. The Hall–Kier alpha value is -3.00. The first-order valence-electron chi connectivity index (χ1n) is 7.42. The molecule has 3 aromatic rings. The van der Waals surface area contributed by atoms with Gasteiger partial charge < -0.3 is 0 Å². The van der Waals surface area contributed by atoms with E-state index < -0.39 is 4.92 Å². The highest BCUT2D eigenvalue weighted by atomic mass is 79.9. The summed E-state index contributed by atoms with van der Waals surface area (Å²) in [7, 11) is 0. The van der Waals surface area contributed by atoms with Crippen LogP contribution in [-0.2, 0) is 6.54 Å². The fourth-order valence-corrected chi connectivity index (χ4v) is 2.33. The van der Waals surface area contributed by atoms with Crippen molar-refractivity contribution in [1.29, 1.82) is 0 Å². The zero-order valence-corrected chi connectivity index (χ0v) is 15.1. The normalized spacial score (nSPS) is 10.0. The molecule has 6 nitrogen and oxygen atoms in total. The molecule has 1 heterocycles. The summed E-state index contributed by atoms with van der Waals surface area (Å²) >= 11 is 0. The van der Waals surface area contributed by atoms with Crippen molar-refractivity contribution in [2.24, 2.45) is 0 Å². The number of hydrogen-bond donors (Lipinski definition) is 0. The van der Waals surface area contributed by atoms with Gasteiger partial charge in [-0.1, -0.05) is 12.1 Å². The Morgan fingerprint density at radius 1 is 1.12 bits per heavy atom. The van der Waals surface area contributed by atoms with Crippen LogP contribution in [0.1, 0.15) is 10.4 Å². The number of aromatic nitrogens is 2. The van der Waals surface area contributed by atoms with Gasteiger partial charge >= 0.3 is 0 Å². The average Bonchev–Trinajstić information content (AvgIpc) is 2.63. The van der Waals surface area contributed by atoms with E-state index in [0.717, 1.165) is 0 Å². The van der Waals surface area contributed by atoms with E-state index in [2.05, 4.69) is 4.98 Å². The minimum Gasteiger partial charge on any atom is -0.290 e. The van der Waals surface area contributed by atoms with Gasteiger partial charge in [-0.3, -0.25) is 14.9 Å². The molecule has 0 unspecified atom stereocenters. The zero-order valence-electron chi connectivity index (χ0n) is 13.4. The standard InChI is InChI=1S/C18H13FN3O3.BrH/c19-16-4-2-1-3-15(16)17-9-10-21(12-20-17)11-18(23)13-5-7-14(8-6-13)22(24)25;/h1-10,12H,11H2;1H/q+1;. The lowest BCUT2D eigenvalue weighted by atomic mass is 10.1. The van der Waals surface area contributed by atoms with Gasteiger partial charge in [0.2, 0.25) is 5.78 Å². The van der Waals surface area contributed by atoms with Gasteiger partial charge in [0, 0.05) is 23.8 Å². The number of ketones is 1. The maximum atomic E-state index is 13.7. The highest BCUT2D eigenvalue weighted by molar-refractivity contribution is 8.93. The SMILES string of the molecule is Br.O=C(C[n+]1ccc(-c2ccccc2F)nc1)c1ccc([N+](=O)[O-])cc1. The largest absolute Gasteiger partial charge is 0.290 e. The van der Waals surface area contributed by atoms with Crippen LogP contribution < -0.4 is 4.57 Å². The summed E-state index contributed by atoms with van der Waals surface area (Å²) in [6.07, 6.45) is 3.09. The maximum absolute atomic E-state index is 13.7. The van der Waals surface area contributed by atoms with Gasteiger partial charge in [-0.25, -0.2) is 8.96 Å². The second kappa shape index (κ2) is 8.39. The smallest absolute Gasteiger partial charge is 0.287 e. The van der Waals surface area contributed by atoms with Crippen molar-refractivity contribution >= 4 is 28.5 Å². The van der Waals surface area contributed by atoms with Crippen molar-refractivity contribution in [3.05, 3.63) is 88.6 Å². The molecular formula is C18H14BrFN3O3+. The number of carbonyl (C=O) groups excluding carboxylic acids is 1. The van der Waals surface area contributed by atoms with Crippen molar-refractivity contribution in [3.63, 3.8) is 0 Å². The summed E-state index contributed by atoms with van der Waals surface area (Å²) in [5.41, 5.74) is 1.16. The lowest BCUT2D eigenvalue weighted by Crippen LogP contribution is -2.37. The van der Waals surface area contributed by atoms with E-state index in [1.807, 2.05) is 0 Å². The van der Waals surface area contributed by atoms with Gasteiger partial charge in [0.1, 0.15) is 5.82 Å². The summed E-state index contributed by atoms with van der Waals surface area (Å²) in [6, 6.07) is 13.4. The van der Waals surface area contributed by atoms with Crippen molar-refractivity contribution < 1.29 is 18.7 Å². The van der Waals surface area contributed by atoms with Gasteiger partial charge in [0.15, 0.2) is 12.2 Å². The zero-order chi connectivity index (χ0) is 17.8. The number of nitro groups is 1. The third-order valence-electron chi connectivity index (χ3n) is 3.65. The predicted octanol–water partition coefficient (Wildman–Crippen LogP) is 3.54. The van der Waals surface area contributed by atoms with Gasteiger partial charge in [-0.2, -0.15) is 0 Å². The van der Waals surface area contributed by atoms with Crippen LogP contribution in [0.15, 0.2) is 67.1 Å². The highest BCUT2D eigenvalue weighted by Gasteiger charge is 2.14. The summed E-state index contributed by atoms with van der Waals surface area (Å²) in [6.45, 7) is 0.0301. The number of carbonyl (C=O) groups is 1. The highest BCUT2D eigenvalue weighted by Crippen LogP contribution is 2.18. The van der Waals surface area contributed by atoms with Crippen LogP contribution >= 0.6 is 17.0 Å². The molecule has 8 heteroatoms. The Morgan fingerprint density at radius 3 is 2.38 bits per heavy atom. The summed E-state index contributed by atoms with van der Waals surface area (Å²) in [5.74, 6) is -0.574. The molecule has 0 amide bonds. The van der Waals surface area contributed by atoms with Crippen LogP contribution in [0.4, 0.5) is 10.1 Å². The second-order valence-electron chi connectivity index (χ2n) is 5.32. The van der Waals surface area contributed by atoms with Crippen molar-refractivity contribution in [3.8, 4) is 11.3 Å². The first-order valence-corrected chi connectivity index (χ1v) is 7.42. The molecule has 0 radical (unpaired) electrons. The van der Waals surface area contributed by atoms with Gasteiger partial charge in [-0.15, -0.1) is 17.0 Å². The number of Topliss-reactive ketones (excluding diaryl/α,β-unsaturated/α-hetero) is 1. The Labute approximate surface area is 158 Å². The Morgan fingerprint density at radius 2 is 1.81 bits per heavy atom. The number of benzene rings is 2. The van der Waals surface area contributed by atoms with E-state index >= 15 is 0 Å². The number of rotatable bonds is 5. The molecule has 0 saturated carbocycles. The lowest BCUT2D eigenvalue weighted by molar-refractivity contribution is -0.686. The number of nitrogens with zero attached hydrogens (tertiary/aromatic N) is 3. The van der Waals surface area contributed by atoms with Crippen LogP contribution in [0.5, 0.6) is 0 Å². The monoisotopic (exact) mass is 418 g/mol. The quantitative estimate of drug-likeness (QED) is 0.274. The van der Waals surface area contributed by atoms with Crippen LogP contribution in [0.3, 0.4) is 0 Å². The average molecular weight is 419 g/mol. The number of nitro benzene ring substituents is 1. The van der Waals surface area contributed by atoms with E-state index in [-0.39, 0.29) is 40.8 Å². The van der Waals surface area contributed by atoms with Crippen LogP contribution in [0, 0.1) is 15.9 Å². The third-order valence-corrected chi connectivity index (χ3v) is 3.65. The fraction of sp³-hybridized carbons (Fsp3) is 0.0556. The maximum Gasteiger partial charge on any atom is 0.287 e. The summed E-state index contributed by atoms with van der Waals surface area (Å²) in [5, 5.41) is 10.6. The van der Waals surface area contributed by atoms with E-state index in [0.29, 0.717) is 16.8 Å². The van der Waals surface area contributed by atoms with Gasteiger partial charge in [0.05, 0.1) is 16.7 Å². The molecule has 0 saturated heterocycles. The Kier molecular flexibility index (Phi) is 6.24. The molecule has 132 valence electrons. The van der Waals surface area contributed by atoms with Crippen LogP contribution in [0.25, 0.3) is 11.3 Å². The van der Waals surface area contributed by atoms with E-state index in [1.165, 1.54) is 36.7 Å². The van der Waals surface area contributed by atoms with E-state index in [4.69, 9.17) is 0 Å². The first kappa shape index (κ1) is 19.3. The molecule has 3 rings (SSSR count). The molecule has 26 heavy (non-hydrogen) atoms. The van der Waals surface area contributed by atoms with Crippen molar-refractivity contribution in [2.75, 3.05) is 0 Å². The Bertz CT molecular complexity index is 931. The minimum absolute atomic E-state index is 0. The molecule has 0 spiro atoms. The second-order valence-corrected chi connectivity index (χ2v) is 5.32. The fourth-order valence-electron chi connectivity index (χ4n) is 2.33. The third kappa shape index (κ3) is 4.34. The molecule has 0 N–H and O–H groups in total. The van der Waals surface area contributed by atoms with Gasteiger partial charge in [-0.05, 0) is 29.2 Å². The summed E-state index contributed by atoms with van der Waals surface area (Å²) < 4.78 is 15.3. The van der Waals surface area contributed by atoms with Gasteiger partial charge in [0.25, 0.3) is 12.0 Å². The molecule has 0 aliphatic rings. The van der Waals surface area contributed by atoms with E-state index in [9.17, 15) is 19.3 Å². The van der Waals surface area contributed by atoms with Crippen LogP contribution in [-0.4, -0.2) is 15.7 Å². The lowest BCUT2D eigenvalue weighted by Gasteiger charge is -2.01. The summed E-state index contributed by atoms with van der Waals surface area (Å²) in [4.78, 5) is 26.5. The molecule has 0 fully saturated rings. The first-order chi connectivity index (χ1) is 12.0. The molecule has 2 aromatic carbocycles.